The second-order valence-corrected chi connectivity index (χ2v) is 6.10. The van der Waals surface area contributed by atoms with E-state index in [1.54, 1.807) is 19.1 Å². The first kappa shape index (κ1) is 15.0. The van der Waals surface area contributed by atoms with Crippen molar-refractivity contribution in [2.24, 2.45) is 5.41 Å². The van der Waals surface area contributed by atoms with Gasteiger partial charge in [-0.2, -0.15) is 0 Å². The SMILES string of the molecule is CC1(C(=O)O)COCC1Nc1ccc(I)cc1[N+](=O)[O-]. The van der Waals surface area contributed by atoms with Crippen molar-refractivity contribution in [3.05, 3.63) is 31.9 Å². The zero-order chi connectivity index (χ0) is 14.9. The summed E-state index contributed by atoms with van der Waals surface area (Å²) in [7, 11) is 0. The summed E-state index contributed by atoms with van der Waals surface area (Å²) in [5, 5.41) is 23.3. The highest BCUT2D eigenvalue weighted by Crippen LogP contribution is 2.34. The molecule has 1 aliphatic heterocycles. The highest BCUT2D eigenvalue weighted by atomic mass is 127. The molecule has 2 atom stereocenters. The first-order valence-electron chi connectivity index (χ1n) is 5.86. The number of nitro groups is 1. The van der Waals surface area contributed by atoms with Crippen LogP contribution in [0, 0.1) is 19.1 Å². The number of ether oxygens (including phenoxy) is 1. The van der Waals surface area contributed by atoms with Gasteiger partial charge in [0.05, 0.1) is 24.2 Å². The Labute approximate surface area is 128 Å². The molecular weight excluding hydrogens is 379 g/mol. The third-order valence-corrected chi connectivity index (χ3v) is 4.10. The fourth-order valence-corrected chi connectivity index (χ4v) is 2.53. The molecule has 1 heterocycles. The molecule has 20 heavy (non-hydrogen) atoms. The van der Waals surface area contributed by atoms with E-state index in [1.807, 2.05) is 22.6 Å². The van der Waals surface area contributed by atoms with Gasteiger partial charge in [0.15, 0.2) is 0 Å². The molecule has 1 aliphatic rings. The molecule has 0 amide bonds. The predicted octanol–water partition coefficient (Wildman–Crippen LogP) is 2.10. The lowest BCUT2D eigenvalue weighted by Gasteiger charge is -2.26. The molecule has 1 fully saturated rings. The Morgan fingerprint density at radius 1 is 1.65 bits per heavy atom. The number of carboxylic acids is 1. The van der Waals surface area contributed by atoms with E-state index >= 15 is 0 Å². The number of carbonyl (C=O) groups is 1. The van der Waals surface area contributed by atoms with Crippen LogP contribution in [0.4, 0.5) is 11.4 Å². The Kier molecular flexibility index (Phi) is 4.14. The van der Waals surface area contributed by atoms with Crippen molar-refractivity contribution >= 4 is 39.9 Å². The number of hydrogen-bond donors (Lipinski definition) is 2. The summed E-state index contributed by atoms with van der Waals surface area (Å²) in [6, 6.07) is 4.24. The first-order valence-corrected chi connectivity index (χ1v) is 6.94. The van der Waals surface area contributed by atoms with Gasteiger partial charge in [-0.1, -0.05) is 0 Å². The summed E-state index contributed by atoms with van der Waals surface area (Å²) in [4.78, 5) is 21.9. The second-order valence-electron chi connectivity index (χ2n) is 4.85. The number of benzene rings is 1. The quantitative estimate of drug-likeness (QED) is 0.462. The zero-order valence-electron chi connectivity index (χ0n) is 10.6. The number of nitrogens with one attached hydrogen (secondary N) is 1. The normalized spacial score (nSPS) is 25.4. The van der Waals surface area contributed by atoms with Crippen LogP contribution in [-0.4, -0.2) is 35.3 Å². The van der Waals surface area contributed by atoms with E-state index in [1.165, 1.54) is 6.07 Å². The van der Waals surface area contributed by atoms with E-state index in [0.29, 0.717) is 5.69 Å². The lowest BCUT2D eigenvalue weighted by atomic mass is 9.85. The van der Waals surface area contributed by atoms with Crippen LogP contribution in [0.1, 0.15) is 6.92 Å². The summed E-state index contributed by atoms with van der Waals surface area (Å²) in [5.41, 5.74) is -0.869. The van der Waals surface area contributed by atoms with Crippen molar-refractivity contribution in [1.82, 2.24) is 0 Å². The van der Waals surface area contributed by atoms with E-state index < -0.39 is 22.3 Å². The molecule has 1 saturated heterocycles. The molecule has 2 N–H and O–H groups in total. The van der Waals surface area contributed by atoms with Crippen LogP contribution in [0.5, 0.6) is 0 Å². The van der Waals surface area contributed by atoms with Crippen LogP contribution in [0.15, 0.2) is 18.2 Å². The molecule has 0 bridgehead atoms. The zero-order valence-corrected chi connectivity index (χ0v) is 12.8. The molecule has 8 heteroatoms. The topological polar surface area (TPSA) is 102 Å². The minimum atomic E-state index is -1.10. The Hall–Kier alpha value is -1.42. The van der Waals surface area contributed by atoms with Gasteiger partial charge >= 0.3 is 5.97 Å². The highest BCUT2D eigenvalue weighted by molar-refractivity contribution is 14.1. The molecule has 0 radical (unpaired) electrons. The van der Waals surface area contributed by atoms with Gasteiger partial charge in [-0.25, -0.2) is 0 Å². The summed E-state index contributed by atoms with van der Waals surface area (Å²) in [6.45, 7) is 1.85. The molecule has 0 spiro atoms. The van der Waals surface area contributed by atoms with Gasteiger partial charge in [0, 0.05) is 9.64 Å². The minimum absolute atomic E-state index is 0.0726. The Morgan fingerprint density at radius 2 is 2.35 bits per heavy atom. The van der Waals surface area contributed by atoms with E-state index in [4.69, 9.17) is 4.74 Å². The number of nitrogens with zero attached hydrogens (tertiary/aromatic N) is 1. The number of hydrogen-bond acceptors (Lipinski definition) is 5. The maximum atomic E-state index is 11.3. The van der Waals surface area contributed by atoms with Gasteiger partial charge in [-0.05, 0) is 41.6 Å². The molecule has 2 rings (SSSR count). The maximum Gasteiger partial charge on any atom is 0.313 e. The molecule has 2 unspecified atom stereocenters. The van der Waals surface area contributed by atoms with Gasteiger partial charge < -0.3 is 15.2 Å². The molecule has 0 saturated carbocycles. The van der Waals surface area contributed by atoms with Gasteiger partial charge in [0.2, 0.25) is 0 Å². The summed E-state index contributed by atoms with van der Waals surface area (Å²) in [6.07, 6.45) is 0. The summed E-state index contributed by atoms with van der Waals surface area (Å²) < 4.78 is 5.96. The van der Waals surface area contributed by atoms with Crippen LogP contribution >= 0.6 is 22.6 Å². The number of anilines is 1. The molecule has 1 aromatic carbocycles. The highest BCUT2D eigenvalue weighted by Gasteiger charge is 2.47. The smallest absolute Gasteiger partial charge is 0.313 e. The van der Waals surface area contributed by atoms with Crippen molar-refractivity contribution in [3.63, 3.8) is 0 Å². The van der Waals surface area contributed by atoms with Crippen molar-refractivity contribution < 1.29 is 19.6 Å². The monoisotopic (exact) mass is 392 g/mol. The largest absolute Gasteiger partial charge is 0.481 e. The Morgan fingerprint density at radius 3 is 2.95 bits per heavy atom. The number of nitro benzene ring substituents is 1. The van der Waals surface area contributed by atoms with Crippen LogP contribution < -0.4 is 5.32 Å². The molecule has 0 aromatic heterocycles. The fraction of sp³-hybridized carbons (Fsp3) is 0.417. The van der Waals surface area contributed by atoms with Crippen LogP contribution in [0.2, 0.25) is 0 Å². The molecule has 1 aromatic rings. The van der Waals surface area contributed by atoms with E-state index in [2.05, 4.69) is 5.32 Å². The van der Waals surface area contributed by atoms with Crippen molar-refractivity contribution in [1.29, 1.82) is 0 Å². The lowest BCUT2D eigenvalue weighted by Crippen LogP contribution is -2.43. The number of aliphatic carboxylic acids is 1. The Balaban J connectivity index is 2.31. The Bertz CT molecular complexity index is 565. The third-order valence-electron chi connectivity index (χ3n) is 3.43. The molecule has 0 aliphatic carbocycles. The van der Waals surface area contributed by atoms with Gasteiger partial charge in [0.25, 0.3) is 5.69 Å². The molecule has 108 valence electrons. The van der Waals surface area contributed by atoms with Crippen LogP contribution in [-0.2, 0) is 9.53 Å². The average molecular weight is 392 g/mol. The average Bonchev–Trinajstić information content (AvgIpc) is 2.74. The van der Waals surface area contributed by atoms with Crippen LogP contribution in [0.25, 0.3) is 0 Å². The molecular formula is C12H13IN2O5. The van der Waals surface area contributed by atoms with Crippen LogP contribution in [0.3, 0.4) is 0 Å². The minimum Gasteiger partial charge on any atom is -0.481 e. The fourth-order valence-electron chi connectivity index (χ4n) is 2.05. The van der Waals surface area contributed by atoms with Gasteiger partial charge in [0.1, 0.15) is 11.1 Å². The third kappa shape index (κ3) is 2.70. The van der Waals surface area contributed by atoms with E-state index in [-0.39, 0.29) is 18.9 Å². The van der Waals surface area contributed by atoms with Crippen molar-refractivity contribution in [3.8, 4) is 0 Å². The van der Waals surface area contributed by atoms with Crippen molar-refractivity contribution in [2.75, 3.05) is 18.5 Å². The standard InChI is InChI=1S/C12H13IN2O5/c1-12(11(16)17)6-20-5-10(12)14-8-3-2-7(13)4-9(8)15(18)19/h2-4,10,14H,5-6H2,1H3,(H,16,17). The lowest BCUT2D eigenvalue weighted by molar-refractivity contribution is -0.384. The van der Waals surface area contributed by atoms with E-state index in [0.717, 1.165) is 3.57 Å². The van der Waals surface area contributed by atoms with Crippen molar-refractivity contribution in [2.45, 2.75) is 13.0 Å². The summed E-state index contributed by atoms with van der Waals surface area (Å²) in [5.74, 6) is -0.985. The maximum absolute atomic E-state index is 11.3. The predicted molar refractivity (Wildman–Crippen MR) is 79.8 cm³/mol. The van der Waals surface area contributed by atoms with E-state index in [9.17, 15) is 20.0 Å². The van der Waals surface area contributed by atoms with Gasteiger partial charge in [-0.3, -0.25) is 14.9 Å². The number of rotatable bonds is 4. The molecule has 7 nitrogen and oxygen atoms in total. The van der Waals surface area contributed by atoms with Gasteiger partial charge in [-0.15, -0.1) is 0 Å². The second kappa shape index (κ2) is 5.52. The summed E-state index contributed by atoms with van der Waals surface area (Å²) >= 11 is 1.99. The number of carboxylic acid groups (broad SMARTS) is 1. The number of halogens is 1. The first-order chi connectivity index (χ1) is 9.34.